The molecule has 0 radical (unpaired) electrons. The SMILES string of the molecule is NCCCC[C@H](N)C(=O)N[C@@H](CCCN=C(N)N)C(=O)NCC(=O)N[C@@H](CO)C(=O)N1CCC[C@H]1C(=O)N[C@@H](Cc1ccccc1)C(=O)O. The fourth-order valence-corrected chi connectivity index (χ4v) is 5.23. The van der Waals surface area contributed by atoms with Crippen LogP contribution >= 0.6 is 0 Å². The third-order valence-electron chi connectivity index (χ3n) is 7.86. The number of carbonyl (C=O) groups excluding carboxylic acids is 5. The van der Waals surface area contributed by atoms with Crippen molar-refractivity contribution in [2.45, 2.75) is 81.6 Å². The van der Waals surface area contributed by atoms with Gasteiger partial charge < -0.3 is 59.3 Å². The lowest BCUT2D eigenvalue weighted by atomic mass is 10.1. The number of aliphatic imine (C=N–C) groups is 1. The summed E-state index contributed by atoms with van der Waals surface area (Å²) in [5.41, 5.74) is 22.8. The summed E-state index contributed by atoms with van der Waals surface area (Å²) in [4.78, 5) is 81.8. The van der Waals surface area contributed by atoms with Gasteiger partial charge in [0.1, 0.15) is 24.2 Å². The molecule has 1 aliphatic heterocycles. The summed E-state index contributed by atoms with van der Waals surface area (Å²) in [5.74, 6) is -4.87. The highest BCUT2D eigenvalue weighted by Crippen LogP contribution is 2.19. The molecule has 18 nitrogen and oxygen atoms in total. The van der Waals surface area contributed by atoms with Gasteiger partial charge in [-0.25, -0.2) is 4.79 Å². The minimum Gasteiger partial charge on any atom is -0.480 e. The van der Waals surface area contributed by atoms with Crippen LogP contribution in [0.2, 0.25) is 0 Å². The Labute approximate surface area is 284 Å². The van der Waals surface area contributed by atoms with Gasteiger partial charge in [0.05, 0.1) is 19.2 Å². The maximum atomic E-state index is 13.3. The largest absolute Gasteiger partial charge is 0.480 e. The molecule has 0 saturated carbocycles. The van der Waals surface area contributed by atoms with E-state index in [2.05, 4.69) is 26.3 Å². The number of aliphatic hydroxyl groups excluding tert-OH is 1. The lowest BCUT2D eigenvalue weighted by molar-refractivity contribution is -0.145. The van der Waals surface area contributed by atoms with Gasteiger partial charge in [0.25, 0.3) is 0 Å². The topological polar surface area (TPSA) is 311 Å². The van der Waals surface area contributed by atoms with Crippen molar-refractivity contribution in [3.63, 3.8) is 0 Å². The molecule has 1 saturated heterocycles. The van der Waals surface area contributed by atoms with Crippen LogP contribution in [0.4, 0.5) is 0 Å². The highest BCUT2D eigenvalue weighted by atomic mass is 16.4. The van der Waals surface area contributed by atoms with E-state index >= 15 is 0 Å². The molecule has 5 atom stereocenters. The molecule has 49 heavy (non-hydrogen) atoms. The summed E-state index contributed by atoms with van der Waals surface area (Å²) in [6, 6.07) is 3.09. The monoisotopic (exact) mass is 690 g/mol. The predicted octanol–water partition coefficient (Wildman–Crippen LogP) is -3.62. The van der Waals surface area contributed by atoms with E-state index < -0.39 is 78.9 Å². The molecule has 0 unspecified atom stereocenters. The number of hydrogen-bond acceptors (Lipinski definition) is 10. The molecule has 1 aromatic rings. The van der Waals surface area contributed by atoms with Crippen LogP contribution in [-0.4, -0.2) is 120 Å². The van der Waals surface area contributed by atoms with Gasteiger partial charge in [-0.3, -0.25) is 29.0 Å². The highest BCUT2D eigenvalue weighted by molar-refractivity contribution is 5.95. The Morgan fingerprint density at radius 1 is 0.918 bits per heavy atom. The van der Waals surface area contributed by atoms with Gasteiger partial charge in [-0.1, -0.05) is 36.8 Å². The lowest BCUT2D eigenvalue weighted by Gasteiger charge is -2.29. The maximum absolute atomic E-state index is 13.3. The highest BCUT2D eigenvalue weighted by Gasteiger charge is 2.39. The van der Waals surface area contributed by atoms with Crippen LogP contribution in [0.1, 0.15) is 50.5 Å². The Hall–Kier alpha value is -4.81. The van der Waals surface area contributed by atoms with Crippen molar-refractivity contribution < 1.29 is 39.0 Å². The van der Waals surface area contributed by atoms with Crippen molar-refractivity contribution in [2.24, 2.45) is 27.9 Å². The molecule has 0 bridgehead atoms. The van der Waals surface area contributed by atoms with Crippen LogP contribution in [0.15, 0.2) is 35.3 Å². The van der Waals surface area contributed by atoms with E-state index in [4.69, 9.17) is 22.9 Å². The van der Waals surface area contributed by atoms with Crippen LogP contribution in [0.25, 0.3) is 0 Å². The number of benzene rings is 1. The van der Waals surface area contributed by atoms with E-state index in [9.17, 15) is 39.0 Å². The summed E-state index contributed by atoms with van der Waals surface area (Å²) in [7, 11) is 0. The summed E-state index contributed by atoms with van der Waals surface area (Å²) in [6.07, 6.45) is 2.83. The number of nitrogens with two attached hydrogens (primary N) is 4. The molecule has 14 N–H and O–H groups in total. The Morgan fingerprint density at radius 3 is 2.27 bits per heavy atom. The number of carboxylic acids is 1. The second kappa shape index (κ2) is 21.2. The van der Waals surface area contributed by atoms with Crippen molar-refractivity contribution in [1.82, 2.24) is 26.2 Å². The van der Waals surface area contributed by atoms with Gasteiger partial charge in [0.2, 0.25) is 29.5 Å². The summed E-state index contributed by atoms with van der Waals surface area (Å²) < 4.78 is 0. The average Bonchev–Trinajstić information content (AvgIpc) is 3.57. The zero-order valence-electron chi connectivity index (χ0n) is 27.5. The van der Waals surface area contributed by atoms with Gasteiger partial charge in [0.15, 0.2) is 5.96 Å². The van der Waals surface area contributed by atoms with Crippen molar-refractivity contribution in [2.75, 3.05) is 32.8 Å². The summed E-state index contributed by atoms with van der Waals surface area (Å²) in [5, 5.41) is 29.5. The third kappa shape index (κ3) is 14.1. The number of carboxylic acid groups (broad SMARTS) is 1. The van der Waals surface area contributed by atoms with Crippen LogP contribution in [0, 0.1) is 0 Å². The fraction of sp³-hybridized carbons (Fsp3) is 0.581. The normalized spacial score (nSPS) is 16.4. The number of aliphatic hydroxyl groups is 1. The van der Waals surface area contributed by atoms with Gasteiger partial charge >= 0.3 is 5.97 Å². The minimum atomic E-state index is -1.45. The zero-order valence-corrected chi connectivity index (χ0v) is 27.5. The second-order valence-electron chi connectivity index (χ2n) is 11.7. The Kier molecular flexibility index (Phi) is 17.5. The summed E-state index contributed by atoms with van der Waals surface area (Å²) >= 11 is 0. The molecule has 0 aliphatic carbocycles. The lowest BCUT2D eigenvalue weighted by Crippen LogP contribution is -2.57. The number of hydrogen-bond donors (Lipinski definition) is 10. The second-order valence-corrected chi connectivity index (χ2v) is 11.7. The number of rotatable bonds is 21. The first-order chi connectivity index (χ1) is 23.4. The number of guanidine groups is 1. The van der Waals surface area contributed by atoms with Crippen molar-refractivity contribution in [1.29, 1.82) is 0 Å². The number of nitrogens with one attached hydrogen (secondary N) is 4. The van der Waals surface area contributed by atoms with Crippen LogP contribution in [0.3, 0.4) is 0 Å². The average molecular weight is 691 g/mol. The number of likely N-dealkylation sites (tertiary alicyclic amines) is 1. The van der Waals surface area contributed by atoms with E-state index in [0.29, 0.717) is 44.2 Å². The van der Waals surface area contributed by atoms with Gasteiger partial charge in [-0.2, -0.15) is 0 Å². The van der Waals surface area contributed by atoms with Gasteiger partial charge in [0, 0.05) is 19.5 Å². The first kappa shape index (κ1) is 40.4. The minimum absolute atomic E-state index is 0.0338. The fourth-order valence-electron chi connectivity index (χ4n) is 5.23. The van der Waals surface area contributed by atoms with Crippen molar-refractivity contribution in [3.05, 3.63) is 35.9 Å². The number of nitrogens with zero attached hydrogens (tertiary/aromatic N) is 2. The molecule has 1 fully saturated rings. The standard InChI is InChI=1S/C31H50N10O8/c32-13-5-4-10-20(33)26(44)39-21(11-6-14-36-31(34)35)27(45)37-17-25(43)38-23(18-42)29(47)41-15-7-12-24(41)28(46)40-22(30(48)49)16-19-8-2-1-3-9-19/h1-3,8-9,20-24,42H,4-7,10-18,32-33H2,(H,37,45)(H,38,43)(H,39,44)(H,40,46)(H,48,49)(H4,34,35,36)/t20-,21-,22-,23-,24-/m0/s1. The molecule has 18 heteroatoms. The Bertz CT molecular complexity index is 1290. The smallest absolute Gasteiger partial charge is 0.326 e. The molecule has 1 aliphatic rings. The quantitative estimate of drug-likeness (QED) is 0.0340. The maximum Gasteiger partial charge on any atom is 0.326 e. The van der Waals surface area contributed by atoms with Crippen molar-refractivity contribution >= 4 is 41.5 Å². The Balaban J connectivity index is 1.99. The molecule has 2 rings (SSSR count). The summed E-state index contributed by atoms with van der Waals surface area (Å²) in [6.45, 7) is -0.627. The molecule has 5 amide bonds. The molecule has 1 aromatic carbocycles. The first-order valence-corrected chi connectivity index (χ1v) is 16.2. The van der Waals surface area contributed by atoms with E-state index in [0.717, 1.165) is 0 Å². The first-order valence-electron chi connectivity index (χ1n) is 16.2. The van der Waals surface area contributed by atoms with Crippen LogP contribution < -0.4 is 44.2 Å². The zero-order chi connectivity index (χ0) is 36.3. The predicted molar refractivity (Wildman–Crippen MR) is 179 cm³/mol. The number of carbonyl (C=O) groups is 6. The molecule has 272 valence electrons. The van der Waals surface area contributed by atoms with E-state index in [1.165, 1.54) is 4.90 Å². The number of amides is 5. The molecule has 0 spiro atoms. The van der Waals surface area contributed by atoms with Gasteiger partial charge in [-0.05, 0) is 50.6 Å². The molecule has 1 heterocycles. The third-order valence-corrected chi connectivity index (χ3v) is 7.86. The van der Waals surface area contributed by atoms with E-state index in [1.807, 2.05) is 0 Å². The molecular formula is C31H50N10O8. The molecule has 0 aromatic heterocycles. The molecular weight excluding hydrogens is 640 g/mol. The van der Waals surface area contributed by atoms with Gasteiger partial charge in [-0.15, -0.1) is 0 Å². The van der Waals surface area contributed by atoms with Crippen LogP contribution in [0.5, 0.6) is 0 Å². The number of aliphatic carboxylic acids is 1. The van der Waals surface area contributed by atoms with E-state index in [-0.39, 0.29) is 38.3 Å². The van der Waals surface area contributed by atoms with E-state index in [1.54, 1.807) is 30.3 Å². The van der Waals surface area contributed by atoms with Crippen LogP contribution in [-0.2, 0) is 35.2 Å². The van der Waals surface area contributed by atoms with Crippen molar-refractivity contribution in [3.8, 4) is 0 Å². The Morgan fingerprint density at radius 2 is 1.63 bits per heavy atom. The number of unbranched alkanes of at least 4 members (excludes halogenated alkanes) is 1.